The zero-order valence-corrected chi connectivity index (χ0v) is 9.80. The minimum Gasteiger partial charge on any atom is -0.308 e. The van der Waals surface area contributed by atoms with Gasteiger partial charge in [0, 0.05) is 11.7 Å². The molecule has 1 amide bonds. The normalized spacial score (nSPS) is 19.4. The molecule has 1 aliphatic heterocycles. The largest absolute Gasteiger partial charge is 0.308 e. The van der Waals surface area contributed by atoms with Gasteiger partial charge in [0.05, 0.1) is 0 Å². The lowest BCUT2D eigenvalue weighted by Crippen LogP contribution is -2.42. The van der Waals surface area contributed by atoms with Gasteiger partial charge in [-0.05, 0) is 43.5 Å². The zero-order chi connectivity index (χ0) is 11.7. The highest BCUT2D eigenvalue weighted by Crippen LogP contribution is 2.31. The first-order valence-corrected chi connectivity index (χ1v) is 5.83. The summed E-state index contributed by atoms with van der Waals surface area (Å²) < 4.78 is 13.1. The topological polar surface area (TPSA) is 20.3 Å². The van der Waals surface area contributed by atoms with Gasteiger partial charge in [0.2, 0.25) is 5.91 Å². The average molecular weight is 242 g/mol. The van der Waals surface area contributed by atoms with Crippen LogP contribution in [0.2, 0.25) is 0 Å². The number of hydrogen-bond donors (Lipinski definition) is 0. The predicted octanol–water partition coefficient (Wildman–Crippen LogP) is 2.73. The van der Waals surface area contributed by atoms with Gasteiger partial charge in [0.15, 0.2) is 0 Å². The SMILES string of the molecule is C[C@@H]1CCc2cc(F)ccc2N1C(=O)CCl. The number of rotatable bonds is 1. The fourth-order valence-corrected chi connectivity index (χ4v) is 2.29. The Morgan fingerprint density at radius 3 is 3.06 bits per heavy atom. The standard InChI is InChI=1S/C12H13ClFNO/c1-8-2-3-9-6-10(14)4-5-11(9)15(8)12(16)7-13/h4-6,8H,2-3,7H2,1H3/t8-/m1/s1. The molecular formula is C12H13ClFNO. The van der Waals surface area contributed by atoms with Crippen molar-refractivity contribution in [2.45, 2.75) is 25.8 Å². The van der Waals surface area contributed by atoms with E-state index in [0.29, 0.717) is 0 Å². The maximum atomic E-state index is 13.1. The summed E-state index contributed by atoms with van der Waals surface area (Å²) >= 11 is 5.58. The number of carbonyl (C=O) groups is 1. The Morgan fingerprint density at radius 2 is 2.38 bits per heavy atom. The van der Waals surface area contributed by atoms with Gasteiger partial charge in [-0.25, -0.2) is 4.39 Å². The van der Waals surface area contributed by atoms with Crippen LogP contribution in [0.1, 0.15) is 18.9 Å². The summed E-state index contributed by atoms with van der Waals surface area (Å²) in [6, 6.07) is 4.66. The molecule has 86 valence electrons. The highest BCUT2D eigenvalue weighted by Gasteiger charge is 2.27. The number of anilines is 1. The second-order valence-corrected chi connectivity index (χ2v) is 4.33. The Labute approximate surface area is 99.0 Å². The smallest absolute Gasteiger partial charge is 0.242 e. The van der Waals surface area contributed by atoms with Gasteiger partial charge in [-0.3, -0.25) is 4.79 Å². The maximum absolute atomic E-state index is 13.1. The molecule has 1 aliphatic rings. The Balaban J connectivity index is 2.44. The van der Waals surface area contributed by atoms with Crippen molar-refractivity contribution in [3.05, 3.63) is 29.6 Å². The molecule has 0 spiro atoms. The first-order valence-electron chi connectivity index (χ1n) is 5.30. The summed E-state index contributed by atoms with van der Waals surface area (Å²) in [7, 11) is 0. The van der Waals surface area contributed by atoms with Crippen LogP contribution >= 0.6 is 11.6 Å². The van der Waals surface area contributed by atoms with E-state index in [4.69, 9.17) is 11.6 Å². The van der Waals surface area contributed by atoms with Crippen molar-refractivity contribution in [2.24, 2.45) is 0 Å². The fourth-order valence-electron chi connectivity index (χ4n) is 2.16. The van der Waals surface area contributed by atoms with Crippen molar-refractivity contribution < 1.29 is 9.18 Å². The Hall–Kier alpha value is -1.09. The molecule has 0 aliphatic carbocycles. The first-order chi connectivity index (χ1) is 7.63. The molecule has 0 saturated carbocycles. The van der Waals surface area contributed by atoms with Gasteiger partial charge in [0.25, 0.3) is 0 Å². The van der Waals surface area contributed by atoms with Crippen molar-refractivity contribution >= 4 is 23.2 Å². The van der Waals surface area contributed by atoms with Crippen LogP contribution in [0.4, 0.5) is 10.1 Å². The lowest BCUT2D eigenvalue weighted by Gasteiger charge is -2.34. The molecule has 1 heterocycles. The zero-order valence-electron chi connectivity index (χ0n) is 9.04. The minimum absolute atomic E-state index is 0.0405. The van der Waals surface area contributed by atoms with Crippen molar-refractivity contribution in [3.8, 4) is 0 Å². The molecule has 0 N–H and O–H groups in total. The monoisotopic (exact) mass is 241 g/mol. The molecule has 0 radical (unpaired) electrons. The molecule has 0 bridgehead atoms. The number of hydrogen-bond acceptors (Lipinski definition) is 1. The molecule has 1 aromatic carbocycles. The molecule has 4 heteroatoms. The van der Waals surface area contributed by atoms with Gasteiger partial charge < -0.3 is 4.90 Å². The number of alkyl halides is 1. The van der Waals surface area contributed by atoms with Crippen LogP contribution < -0.4 is 4.90 Å². The molecule has 0 fully saturated rings. The third-order valence-electron chi connectivity index (χ3n) is 2.96. The Bertz CT molecular complexity index is 421. The summed E-state index contributed by atoms with van der Waals surface area (Å²) in [5.74, 6) is -0.422. The number of carbonyl (C=O) groups excluding carboxylic acids is 1. The third-order valence-corrected chi connectivity index (χ3v) is 3.18. The molecule has 0 saturated heterocycles. The molecule has 0 aromatic heterocycles. The second kappa shape index (κ2) is 4.42. The third kappa shape index (κ3) is 1.92. The summed E-state index contributed by atoms with van der Waals surface area (Å²) in [5, 5.41) is 0. The highest BCUT2D eigenvalue weighted by molar-refractivity contribution is 6.29. The van der Waals surface area contributed by atoms with E-state index < -0.39 is 0 Å². The van der Waals surface area contributed by atoms with Gasteiger partial charge in [-0.1, -0.05) is 0 Å². The lowest BCUT2D eigenvalue weighted by molar-refractivity contribution is -0.116. The quantitative estimate of drug-likeness (QED) is 0.693. The average Bonchev–Trinajstić information content (AvgIpc) is 2.28. The summed E-state index contributed by atoms with van der Waals surface area (Å²) in [6.45, 7) is 1.98. The van der Waals surface area contributed by atoms with Crippen LogP contribution in [-0.4, -0.2) is 17.8 Å². The lowest BCUT2D eigenvalue weighted by atomic mass is 9.96. The van der Waals surface area contributed by atoms with E-state index >= 15 is 0 Å². The number of nitrogens with zero attached hydrogens (tertiary/aromatic N) is 1. The van der Waals surface area contributed by atoms with E-state index in [9.17, 15) is 9.18 Å². The summed E-state index contributed by atoms with van der Waals surface area (Å²) in [6.07, 6.45) is 1.65. The van der Waals surface area contributed by atoms with Crippen LogP contribution in [0.5, 0.6) is 0 Å². The number of aryl methyl sites for hydroxylation is 1. The maximum Gasteiger partial charge on any atom is 0.242 e. The van der Waals surface area contributed by atoms with Crippen molar-refractivity contribution in [1.29, 1.82) is 0 Å². The van der Waals surface area contributed by atoms with E-state index in [1.807, 2.05) is 6.92 Å². The Kier molecular flexibility index (Phi) is 3.15. The van der Waals surface area contributed by atoms with Crippen LogP contribution in [0, 0.1) is 5.82 Å². The van der Waals surface area contributed by atoms with Gasteiger partial charge >= 0.3 is 0 Å². The van der Waals surface area contributed by atoms with Crippen molar-refractivity contribution in [1.82, 2.24) is 0 Å². The highest BCUT2D eigenvalue weighted by atomic mass is 35.5. The number of fused-ring (bicyclic) bond motifs is 1. The second-order valence-electron chi connectivity index (χ2n) is 4.06. The molecular weight excluding hydrogens is 229 g/mol. The van der Waals surface area contributed by atoms with Crippen molar-refractivity contribution in [3.63, 3.8) is 0 Å². The first kappa shape index (κ1) is 11.4. The molecule has 1 aromatic rings. The molecule has 16 heavy (non-hydrogen) atoms. The van der Waals surface area contributed by atoms with E-state index in [0.717, 1.165) is 24.1 Å². The van der Waals surface area contributed by atoms with Gasteiger partial charge in [0.1, 0.15) is 11.7 Å². The van der Waals surface area contributed by atoms with E-state index in [-0.39, 0.29) is 23.6 Å². The minimum atomic E-state index is -0.258. The van der Waals surface area contributed by atoms with Gasteiger partial charge in [-0.15, -0.1) is 11.6 Å². The van der Waals surface area contributed by atoms with Crippen LogP contribution in [0.25, 0.3) is 0 Å². The molecule has 2 rings (SSSR count). The number of amides is 1. The molecule has 0 unspecified atom stereocenters. The Morgan fingerprint density at radius 1 is 1.62 bits per heavy atom. The summed E-state index contributed by atoms with van der Waals surface area (Å²) in [5.41, 5.74) is 1.68. The molecule has 2 nitrogen and oxygen atoms in total. The predicted molar refractivity (Wildman–Crippen MR) is 62.4 cm³/mol. The van der Waals surface area contributed by atoms with E-state index in [2.05, 4.69) is 0 Å². The van der Waals surface area contributed by atoms with Crippen LogP contribution in [0.15, 0.2) is 18.2 Å². The van der Waals surface area contributed by atoms with E-state index in [1.165, 1.54) is 12.1 Å². The van der Waals surface area contributed by atoms with Gasteiger partial charge in [-0.2, -0.15) is 0 Å². The fraction of sp³-hybridized carbons (Fsp3) is 0.417. The number of halogens is 2. The number of benzene rings is 1. The van der Waals surface area contributed by atoms with Crippen molar-refractivity contribution in [2.75, 3.05) is 10.8 Å². The van der Waals surface area contributed by atoms with Crippen LogP contribution in [-0.2, 0) is 11.2 Å². The van der Waals surface area contributed by atoms with E-state index in [1.54, 1.807) is 11.0 Å². The summed E-state index contributed by atoms with van der Waals surface area (Å²) in [4.78, 5) is 13.4. The van der Waals surface area contributed by atoms with Crippen LogP contribution in [0.3, 0.4) is 0 Å². The molecule has 1 atom stereocenters.